The molecular weight excluding hydrogens is 1130 g/mol. The summed E-state index contributed by atoms with van der Waals surface area (Å²) in [6.07, 6.45) is 13.5. The van der Waals surface area contributed by atoms with Crippen LogP contribution in [0.25, 0.3) is 60.8 Å². The number of benzene rings is 4. The molecule has 0 atom stereocenters. The van der Waals surface area contributed by atoms with E-state index in [-0.39, 0.29) is 103 Å². The fourth-order valence-electron chi connectivity index (χ4n) is 10.6. The van der Waals surface area contributed by atoms with Crippen LogP contribution in [0.15, 0.2) is 107 Å². The van der Waals surface area contributed by atoms with Crippen molar-refractivity contribution >= 4 is 124 Å². The van der Waals surface area contributed by atoms with E-state index < -0.39 is 51.4 Å². The number of aryl methyl sites for hydroxylation is 3. The van der Waals surface area contributed by atoms with Crippen LogP contribution >= 0.6 is 12.0 Å². The predicted molar refractivity (Wildman–Crippen MR) is 293 cm³/mol. The molecule has 0 spiro atoms. The van der Waals surface area contributed by atoms with E-state index in [0.29, 0.717) is 104 Å². The first-order valence-corrected chi connectivity index (χ1v) is 29.3. The van der Waals surface area contributed by atoms with Crippen molar-refractivity contribution in [3.05, 3.63) is 109 Å². The van der Waals surface area contributed by atoms with Gasteiger partial charge in [-0.2, -0.15) is 8.90 Å². The summed E-state index contributed by atoms with van der Waals surface area (Å²) >= 11 is 0.939. The topological polar surface area (TPSA) is 265 Å². The van der Waals surface area contributed by atoms with Crippen LogP contribution in [0.1, 0.15) is 95.8 Å². The maximum absolute atomic E-state index is 12.6. The van der Waals surface area contributed by atoms with E-state index in [1.807, 2.05) is 94.1 Å². The number of hydrogen-bond acceptors (Lipinski definition) is 18. The number of oxazole rings is 1. The number of ether oxygens (including phenoxy) is 1. The maximum Gasteiger partial charge on any atom is 1.00 e. The number of rotatable bonds is 27. The molecule has 22 nitrogen and oxygen atoms in total. The Morgan fingerprint density at radius 2 is 1.24 bits per heavy atom. The molecule has 82 heavy (non-hydrogen) atoms. The van der Waals surface area contributed by atoms with Crippen LogP contribution in [0.5, 0.6) is 5.75 Å². The second-order valence-electron chi connectivity index (χ2n) is 19.7. The number of nitrogens with zero attached hydrogens (tertiary/aromatic N) is 6. The number of carbonyl (C=O) groups is 6. The molecule has 4 aromatic carbocycles. The van der Waals surface area contributed by atoms with Gasteiger partial charge in [0.05, 0.1) is 32.9 Å². The Morgan fingerprint density at radius 3 is 1.87 bits per heavy atom. The monoisotopic (exact) mass is 1180 g/mol. The number of para-hydroxylation sites is 2. The molecule has 3 aromatic heterocycles. The zero-order valence-corrected chi connectivity index (χ0v) is 49.7. The van der Waals surface area contributed by atoms with E-state index in [1.54, 1.807) is 0 Å². The molecule has 2 saturated heterocycles. The Morgan fingerprint density at radius 1 is 0.659 bits per heavy atom. The van der Waals surface area contributed by atoms with Gasteiger partial charge in [0.2, 0.25) is 11.5 Å². The molecule has 0 aliphatic carbocycles. The summed E-state index contributed by atoms with van der Waals surface area (Å²) in [5, 5.41) is 18.9. The quantitative estimate of drug-likeness (QED) is 0.00771. The van der Waals surface area contributed by atoms with E-state index in [4.69, 9.17) is 18.8 Å². The molecule has 6 heterocycles. The molecule has 2 fully saturated rings. The number of aromatic nitrogens is 3. The number of allylic oxidation sites excluding steroid dienone is 4. The van der Waals surface area contributed by atoms with Crippen LogP contribution < -0.4 is 70.8 Å². The van der Waals surface area contributed by atoms with Crippen LogP contribution in [0, 0.1) is 0 Å². The van der Waals surface area contributed by atoms with Gasteiger partial charge in [0.1, 0.15) is 0 Å². The largest absolute Gasteiger partial charge is 1.00 e. The number of fused-ring (bicyclic) bond motifs is 8. The fourth-order valence-corrected chi connectivity index (χ4v) is 11.4. The van der Waals surface area contributed by atoms with E-state index in [1.165, 1.54) is 0 Å². The average Bonchev–Trinajstić information content (AvgIpc) is 4.49. The molecule has 0 saturated carbocycles. The van der Waals surface area contributed by atoms with Crippen LogP contribution in [-0.4, -0.2) is 85.8 Å². The van der Waals surface area contributed by atoms with Crippen molar-refractivity contribution in [3.63, 3.8) is 0 Å². The van der Waals surface area contributed by atoms with Gasteiger partial charge in [-0.25, -0.2) is 18.0 Å². The van der Waals surface area contributed by atoms with Crippen LogP contribution in [0.2, 0.25) is 0 Å². The average molecular weight is 1190 g/mol. The number of hydrogen-bond donors (Lipinski definition) is 0. The Balaban J connectivity index is 0.00000810. The van der Waals surface area contributed by atoms with E-state index in [0.717, 1.165) is 66.9 Å². The zero-order chi connectivity index (χ0) is 56.6. The summed E-state index contributed by atoms with van der Waals surface area (Å²) in [4.78, 5) is 85.4. The number of amides is 4. The van der Waals surface area contributed by atoms with Crippen LogP contribution in [0.3, 0.4) is 0 Å². The Labute approximate surface area is 517 Å². The van der Waals surface area contributed by atoms with Crippen LogP contribution in [-0.2, 0) is 77.6 Å². The fraction of sp³-hybridized carbons (Fsp3) is 0.351. The molecular formula is C57H57KN6O16S2. The summed E-state index contributed by atoms with van der Waals surface area (Å²) < 4.78 is 58.7. The molecule has 4 amide bonds. The Kier molecular flexibility index (Phi) is 20.2. The summed E-state index contributed by atoms with van der Waals surface area (Å²) in [5.74, 6) is -1.71. The molecule has 3 aliphatic rings. The maximum atomic E-state index is 12.6. The molecule has 10 rings (SSSR count). The number of unbranched alkanes of at least 4 members (excludes halogenated alkanes) is 4. The van der Waals surface area contributed by atoms with Gasteiger partial charge >= 0.3 is 69.2 Å². The molecule has 25 heteroatoms. The SMILES string of the molecule is O=C(CCCCCN1/C(=C/C=C/C=C/c2oc3cc4c(cc3[n+]2CCCCCC(=O)ON2C(=O)CCC2=O)c2ccccc2n4CCCS(=O)(=O)[O-])Oc2cc3c(cc21)c1ccccc1n3CCCSOO[O-])ON1C(=O)CCC1=O.[K+]. The van der Waals surface area contributed by atoms with E-state index in [9.17, 15) is 47.0 Å². The summed E-state index contributed by atoms with van der Waals surface area (Å²) in [6.45, 7) is 1.92. The second kappa shape index (κ2) is 27.4. The number of imide groups is 2. The summed E-state index contributed by atoms with van der Waals surface area (Å²) in [6, 6.07) is 24.0. The second-order valence-corrected chi connectivity index (χ2v) is 22.0. The third-order valence-electron chi connectivity index (χ3n) is 14.3. The van der Waals surface area contributed by atoms with Gasteiger partial charge in [-0.3, -0.25) is 24.2 Å². The van der Waals surface area contributed by atoms with Gasteiger partial charge in [0.25, 0.3) is 29.1 Å². The minimum Gasteiger partial charge on any atom is -0.748 e. The summed E-state index contributed by atoms with van der Waals surface area (Å²) in [5.41, 5.74) is 5.88. The minimum absolute atomic E-state index is 0. The van der Waals surface area contributed by atoms with Crippen molar-refractivity contribution in [2.75, 3.05) is 23.0 Å². The van der Waals surface area contributed by atoms with Crippen molar-refractivity contribution < 1.29 is 131 Å². The summed E-state index contributed by atoms with van der Waals surface area (Å²) in [7, 11) is -4.42. The molecule has 0 bridgehead atoms. The first-order chi connectivity index (χ1) is 39.3. The predicted octanol–water partition coefficient (Wildman–Crippen LogP) is 4.78. The molecule has 0 N–H and O–H groups in total. The van der Waals surface area contributed by atoms with Gasteiger partial charge in [0.15, 0.2) is 12.3 Å². The van der Waals surface area contributed by atoms with E-state index in [2.05, 4.69) is 37.0 Å². The standard InChI is InChI=1S/C57H58N6O16S2.K/c64-50-24-25-51(65)62(50)76-56(68)22-6-2-12-28-60-46-34-40-38-16-8-10-18-42(38)58(30-14-32-80-79-78-70)44(40)36-48(46)74-54(60)20-4-1-5-21-55-61(29-13-3-7-23-57(69)77-63-52(66)26-27-53(63)67)47-35-41-39-17-9-11-19-43(39)59(31-15-33-81(71,72)73)45(41)37-49(47)75-55;/h1,4-5,8-11,16-21,34-37H,2-3,6-7,12-15,22-33H2,(H-,70,71,72,73);/q;+1/p-1. The van der Waals surface area contributed by atoms with Crippen molar-refractivity contribution in [3.8, 4) is 5.75 Å². The van der Waals surface area contributed by atoms with Gasteiger partial charge in [-0.15, -0.1) is 10.1 Å². The Hall–Kier alpha value is -6.23. The molecule has 0 unspecified atom stereocenters. The van der Waals surface area contributed by atoms with E-state index >= 15 is 0 Å². The van der Waals surface area contributed by atoms with Crippen molar-refractivity contribution in [2.24, 2.45) is 0 Å². The number of anilines is 1. The van der Waals surface area contributed by atoms with Crippen molar-refractivity contribution in [1.29, 1.82) is 0 Å². The Bertz CT molecular complexity index is 3780. The first kappa shape index (κ1) is 60.4. The van der Waals surface area contributed by atoms with Crippen LogP contribution in [0.4, 0.5) is 5.69 Å². The molecule has 0 radical (unpaired) electrons. The third kappa shape index (κ3) is 13.9. The zero-order valence-electron chi connectivity index (χ0n) is 45.0. The van der Waals surface area contributed by atoms with Gasteiger partial charge in [0, 0.05) is 139 Å². The van der Waals surface area contributed by atoms with Crippen molar-refractivity contribution in [1.82, 2.24) is 19.3 Å². The first-order valence-electron chi connectivity index (χ1n) is 26.8. The molecule has 7 aromatic rings. The van der Waals surface area contributed by atoms with Crippen molar-refractivity contribution in [2.45, 2.75) is 110 Å². The smallest absolute Gasteiger partial charge is 0.748 e. The minimum atomic E-state index is -4.42. The number of hydroxylamine groups is 4. The van der Waals surface area contributed by atoms with Gasteiger partial charge in [-0.05, 0) is 62.8 Å². The van der Waals surface area contributed by atoms with Gasteiger partial charge < -0.3 is 42.7 Å². The van der Waals surface area contributed by atoms with Gasteiger partial charge in [-0.1, -0.05) is 61.0 Å². The molecule has 424 valence electrons. The normalized spacial score (nSPS) is 15.3. The third-order valence-corrected chi connectivity index (χ3v) is 15.7. The number of carbonyl (C=O) groups excluding carboxylic acids is 6. The molecule has 3 aliphatic heterocycles.